The number of aliphatic hydroxyl groups is 1. The number of halogens is 4. The Morgan fingerprint density at radius 3 is 2.32 bits per heavy atom. The molecule has 3 rings (SSSR count). The van der Waals surface area contributed by atoms with Gasteiger partial charge in [-0.15, -0.1) is 0 Å². The number of benzene rings is 2. The van der Waals surface area contributed by atoms with Gasteiger partial charge in [0.05, 0.1) is 16.1 Å². The number of rotatable bonds is 4. The molecule has 0 radical (unpaired) electrons. The first-order chi connectivity index (χ1) is 14.2. The number of sulfonamides is 1. The van der Waals surface area contributed by atoms with Gasteiger partial charge >= 0.3 is 6.18 Å². The van der Waals surface area contributed by atoms with Gasteiger partial charge in [0, 0.05) is 31.4 Å². The molecule has 0 aromatic heterocycles. The van der Waals surface area contributed by atoms with Gasteiger partial charge in [-0.25, -0.2) is 12.8 Å². The van der Waals surface area contributed by atoms with Crippen molar-refractivity contribution in [2.45, 2.75) is 43.5 Å². The van der Waals surface area contributed by atoms with Crippen molar-refractivity contribution in [3.05, 3.63) is 59.4 Å². The molecule has 2 aromatic rings. The highest BCUT2D eigenvalue weighted by Gasteiger charge is 2.39. The fraction of sp³-hybridized carbons (Fsp3) is 0.429. The van der Waals surface area contributed by atoms with E-state index in [0.717, 1.165) is 12.1 Å². The molecular formula is C21H24F4N2O3S. The van der Waals surface area contributed by atoms with Gasteiger partial charge in [-0.05, 0) is 56.7 Å². The summed E-state index contributed by atoms with van der Waals surface area (Å²) in [5.41, 5.74) is -2.07. The molecule has 1 unspecified atom stereocenters. The van der Waals surface area contributed by atoms with Crippen molar-refractivity contribution in [2.24, 2.45) is 0 Å². The van der Waals surface area contributed by atoms with Crippen molar-refractivity contribution in [2.75, 3.05) is 24.5 Å². The van der Waals surface area contributed by atoms with Crippen LogP contribution in [-0.4, -0.2) is 43.5 Å². The number of anilines is 1. The standard InChI is InChI=1S/C21H24F4N2O3S/c1-14-13-26(19-8-7-16(22)12-18(19)21(23,24)25)9-10-27(14)31(29,30)17-6-4-5-15(11-17)20(2,3)28/h4-8,11-12,14,28H,9-10,13H2,1-3H3. The third-order valence-corrected chi connectivity index (χ3v) is 7.33. The molecule has 170 valence electrons. The molecule has 1 saturated heterocycles. The van der Waals surface area contributed by atoms with Gasteiger partial charge in [-0.1, -0.05) is 12.1 Å². The Labute approximate surface area is 179 Å². The average molecular weight is 460 g/mol. The van der Waals surface area contributed by atoms with Gasteiger partial charge in [-0.3, -0.25) is 0 Å². The second-order valence-corrected chi connectivity index (χ2v) is 10.0. The summed E-state index contributed by atoms with van der Waals surface area (Å²) in [7, 11) is -3.93. The highest BCUT2D eigenvalue weighted by Crippen LogP contribution is 2.38. The quantitative estimate of drug-likeness (QED) is 0.702. The predicted molar refractivity (Wildman–Crippen MR) is 109 cm³/mol. The van der Waals surface area contributed by atoms with E-state index in [0.29, 0.717) is 11.6 Å². The molecule has 10 heteroatoms. The molecule has 0 spiro atoms. The Bertz CT molecular complexity index is 1070. The Morgan fingerprint density at radius 2 is 1.74 bits per heavy atom. The molecule has 0 bridgehead atoms. The summed E-state index contributed by atoms with van der Waals surface area (Å²) in [6, 6.07) is 7.83. The predicted octanol–water partition coefficient (Wildman–Crippen LogP) is 3.97. The lowest BCUT2D eigenvalue weighted by Gasteiger charge is -2.40. The van der Waals surface area contributed by atoms with Crippen LogP contribution >= 0.6 is 0 Å². The van der Waals surface area contributed by atoms with Crippen LogP contribution in [-0.2, 0) is 21.8 Å². The molecule has 2 aromatic carbocycles. The molecule has 31 heavy (non-hydrogen) atoms. The maximum absolute atomic E-state index is 13.4. The summed E-state index contributed by atoms with van der Waals surface area (Å²) < 4.78 is 81.2. The third-order valence-electron chi connectivity index (χ3n) is 5.32. The monoisotopic (exact) mass is 460 g/mol. The Morgan fingerprint density at radius 1 is 1.06 bits per heavy atom. The summed E-state index contributed by atoms with van der Waals surface area (Å²) in [5.74, 6) is -0.989. The van der Waals surface area contributed by atoms with Crippen molar-refractivity contribution < 1.29 is 31.1 Å². The largest absolute Gasteiger partial charge is 0.418 e. The second-order valence-electron chi connectivity index (χ2n) is 8.16. The summed E-state index contributed by atoms with van der Waals surface area (Å²) in [4.78, 5) is 1.43. The van der Waals surface area contributed by atoms with Gasteiger partial charge in [0.2, 0.25) is 10.0 Å². The van der Waals surface area contributed by atoms with Crippen LogP contribution in [0.2, 0.25) is 0 Å². The third kappa shape index (κ3) is 4.86. The normalized spacial score (nSPS) is 19.0. The van der Waals surface area contributed by atoms with Gasteiger partial charge < -0.3 is 10.0 Å². The minimum absolute atomic E-state index is 0.00480. The second kappa shape index (κ2) is 8.07. The smallest absolute Gasteiger partial charge is 0.386 e. The van der Waals surface area contributed by atoms with Gasteiger partial charge in [0.25, 0.3) is 0 Å². The Kier molecular flexibility index (Phi) is 6.11. The van der Waals surface area contributed by atoms with Crippen LogP contribution in [0.3, 0.4) is 0 Å². The fourth-order valence-corrected chi connectivity index (χ4v) is 5.36. The van der Waals surface area contributed by atoms with Crippen molar-refractivity contribution >= 4 is 15.7 Å². The van der Waals surface area contributed by atoms with E-state index >= 15 is 0 Å². The molecule has 0 aliphatic carbocycles. The van der Waals surface area contributed by atoms with Crippen molar-refractivity contribution in [3.8, 4) is 0 Å². The Balaban J connectivity index is 1.88. The molecule has 1 N–H and O–H groups in total. The van der Waals surface area contributed by atoms with Gasteiger partial charge in [-0.2, -0.15) is 17.5 Å². The number of piperazine rings is 1. The van der Waals surface area contributed by atoms with Crippen molar-refractivity contribution in [3.63, 3.8) is 0 Å². The molecule has 0 amide bonds. The average Bonchev–Trinajstić information content (AvgIpc) is 2.66. The highest BCUT2D eigenvalue weighted by molar-refractivity contribution is 7.89. The van der Waals surface area contributed by atoms with E-state index in [1.165, 1.54) is 27.4 Å². The van der Waals surface area contributed by atoms with Crippen molar-refractivity contribution in [1.82, 2.24) is 4.31 Å². The van der Waals surface area contributed by atoms with Crippen molar-refractivity contribution in [1.29, 1.82) is 0 Å². The van der Waals surface area contributed by atoms with E-state index in [1.807, 2.05) is 0 Å². The summed E-state index contributed by atoms with van der Waals surface area (Å²) >= 11 is 0. The lowest BCUT2D eigenvalue weighted by Crippen LogP contribution is -2.54. The highest BCUT2D eigenvalue weighted by atomic mass is 32.2. The number of hydrogen-bond acceptors (Lipinski definition) is 4. The number of nitrogens with zero attached hydrogens (tertiary/aromatic N) is 2. The first kappa shape index (κ1) is 23.5. The molecule has 1 aliphatic heterocycles. The van der Waals surface area contributed by atoms with Gasteiger partial charge in [0.1, 0.15) is 5.82 Å². The van der Waals surface area contributed by atoms with Crippen LogP contribution in [0.5, 0.6) is 0 Å². The number of hydrogen-bond donors (Lipinski definition) is 1. The maximum atomic E-state index is 13.4. The zero-order valence-electron chi connectivity index (χ0n) is 17.3. The first-order valence-corrected chi connectivity index (χ1v) is 11.1. The topological polar surface area (TPSA) is 60.9 Å². The molecule has 5 nitrogen and oxygen atoms in total. The molecule has 1 atom stereocenters. The van der Waals surface area contributed by atoms with E-state index in [4.69, 9.17) is 0 Å². The SMILES string of the molecule is CC1CN(c2ccc(F)cc2C(F)(F)F)CCN1S(=O)(=O)c1cccc(C(C)(C)O)c1. The van der Waals surface area contributed by atoms with Crippen LogP contribution in [0.25, 0.3) is 0 Å². The van der Waals surface area contributed by atoms with E-state index < -0.39 is 39.2 Å². The van der Waals surface area contributed by atoms with E-state index in [-0.39, 0.29) is 30.2 Å². The zero-order valence-corrected chi connectivity index (χ0v) is 18.1. The van der Waals surface area contributed by atoms with Crippen LogP contribution < -0.4 is 4.90 Å². The minimum atomic E-state index is -4.73. The van der Waals surface area contributed by atoms with Crippen LogP contribution in [0, 0.1) is 5.82 Å². The van der Waals surface area contributed by atoms with E-state index in [2.05, 4.69) is 0 Å². The number of alkyl halides is 3. The molecule has 1 fully saturated rings. The van der Waals surface area contributed by atoms with Crippen LogP contribution in [0.15, 0.2) is 47.4 Å². The first-order valence-electron chi connectivity index (χ1n) is 9.68. The summed E-state index contributed by atoms with van der Waals surface area (Å²) in [6.45, 7) is 4.69. The molecule has 0 saturated carbocycles. The molecular weight excluding hydrogens is 436 g/mol. The van der Waals surface area contributed by atoms with E-state index in [1.54, 1.807) is 26.8 Å². The lowest BCUT2D eigenvalue weighted by atomic mass is 9.99. The molecule has 1 aliphatic rings. The summed E-state index contributed by atoms with van der Waals surface area (Å²) in [6.07, 6.45) is -4.73. The zero-order chi connectivity index (χ0) is 23.2. The molecule has 1 heterocycles. The maximum Gasteiger partial charge on any atom is 0.418 e. The minimum Gasteiger partial charge on any atom is -0.386 e. The Hall–Kier alpha value is -2.17. The fourth-order valence-electron chi connectivity index (χ4n) is 3.70. The van der Waals surface area contributed by atoms with E-state index in [9.17, 15) is 31.1 Å². The summed E-state index contributed by atoms with van der Waals surface area (Å²) in [5, 5.41) is 10.2. The van der Waals surface area contributed by atoms with Gasteiger partial charge in [0.15, 0.2) is 0 Å². The van der Waals surface area contributed by atoms with Crippen LogP contribution in [0.1, 0.15) is 31.9 Å². The lowest BCUT2D eigenvalue weighted by molar-refractivity contribution is -0.137. The van der Waals surface area contributed by atoms with Crippen LogP contribution in [0.4, 0.5) is 23.2 Å².